The van der Waals surface area contributed by atoms with E-state index >= 15 is 0 Å². The van der Waals surface area contributed by atoms with Crippen molar-refractivity contribution in [1.82, 2.24) is 5.32 Å². The summed E-state index contributed by atoms with van der Waals surface area (Å²) in [7, 11) is 0. The standard InChI is InChI=1S/C15H13ClF2N2O2/c16-12-5-11(17)6-13(18)14(12)20-15(22)19-7-9-3-1-2-4-10(9)8-21/h1-6,21H,7-8H2,(H2,19,20,22). The third-order valence-corrected chi connectivity index (χ3v) is 3.27. The molecule has 0 aromatic heterocycles. The highest BCUT2D eigenvalue weighted by atomic mass is 35.5. The predicted octanol–water partition coefficient (Wildman–Crippen LogP) is 3.43. The Bertz CT molecular complexity index is 672. The monoisotopic (exact) mass is 326 g/mol. The minimum Gasteiger partial charge on any atom is -0.392 e. The third-order valence-electron chi connectivity index (χ3n) is 2.97. The predicted molar refractivity (Wildman–Crippen MR) is 79.6 cm³/mol. The zero-order chi connectivity index (χ0) is 16.1. The lowest BCUT2D eigenvalue weighted by Gasteiger charge is -2.11. The number of urea groups is 1. The van der Waals surface area contributed by atoms with Gasteiger partial charge in [-0.1, -0.05) is 35.9 Å². The molecule has 2 rings (SSSR count). The van der Waals surface area contributed by atoms with Gasteiger partial charge in [0.15, 0.2) is 5.82 Å². The molecule has 0 heterocycles. The Hall–Kier alpha value is -2.18. The summed E-state index contributed by atoms with van der Waals surface area (Å²) in [5.41, 5.74) is 1.11. The van der Waals surface area contributed by atoms with Crippen LogP contribution in [0, 0.1) is 11.6 Å². The van der Waals surface area contributed by atoms with Gasteiger partial charge in [-0.15, -0.1) is 0 Å². The van der Waals surface area contributed by atoms with Crippen LogP contribution in [0.15, 0.2) is 36.4 Å². The fourth-order valence-corrected chi connectivity index (χ4v) is 2.12. The molecule has 0 fully saturated rings. The van der Waals surface area contributed by atoms with Crippen molar-refractivity contribution in [3.05, 3.63) is 64.2 Å². The topological polar surface area (TPSA) is 61.4 Å². The van der Waals surface area contributed by atoms with Crippen molar-refractivity contribution in [3.8, 4) is 0 Å². The van der Waals surface area contributed by atoms with Gasteiger partial charge in [0.1, 0.15) is 5.82 Å². The first-order valence-corrected chi connectivity index (χ1v) is 6.76. The summed E-state index contributed by atoms with van der Waals surface area (Å²) < 4.78 is 26.5. The molecule has 0 aliphatic heterocycles. The number of carbonyl (C=O) groups is 1. The molecule has 0 atom stereocenters. The smallest absolute Gasteiger partial charge is 0.319 e. The van der Waals surface area contributed by atoms with Crippen LogP contribution in [0.5, 0.6) is 0 Å². The maximum atomic E-state index is 13.6. The average Bonchev–Trinajstić information content (AvgIpc) is 2.49. The summed E-state index contributed by atoms with van der Waals surface area (Å²) >= 11 is 5.69. The Kier molecular flexibility index (Phi) is 5.30. The maximum absolute atomic E-state index is 13.6. The summed E-state index contributed by atoms with van der Waals surface area (Å²) in [4.78, 5) is 11.8. The number of rotatable bonds is 4. The Morgan fingerprint density at radius 1 is 1.18 bits per heavy atom. The molecule has 0 aliphatic carbocycles. The van der Waals surface area contributed by atoms with Crippen LogP contribution < -0.4 is 10.6 Å². The van der Waals surface area contributed by atoms with E-state index in [0.717, 1.165) is 11.6 Å². The normalized spacial score (nSPS) is 10.4. The molecule has 116 valence electrons. The molecule has 0 aliphatic rings. The van der Waals surface area contributed by atoms with Crippen molar-refractivity contribution in [2.24, 2.45) is 0 Å². The van der Waals surface area contributed by atoms with Crippen molar-refractivity contribution in [1.29, 1.82) is 0 Å². The van der Waals surface area contributed by atoms with Crippen molar-refractivity contribution >= 4 is 23.3 Å². The highest BCUT2D eigenvalue weighted by Crippen LogP contribution is 2.26. The highest BCUT2D eigenvalue weighted by molar-refractivity contribution is 6.33. The first-order valence-electron chi connectivity index (χ1n) is 6.38. The molecule has 0 bridgehead atoms. The molecule has 0 unspecified atom stereocenters. The van der Waals surface area contributed by atoms with E-state index in [4.69, 9.17) is 11.6 Å². The van der Waals surface area contributed by atoms with Gasteiger partial charge in [-0.05, 0) is 17.2 Å². The zero-order valence-electron chi connectivity index (χ0n) is 11.4. The second-order valence-electron chi connectivity index (χ2n) is 4.48. The molecule has 0 saturated heterocycles. The molecule has 4 nitrogen and oxygen atoms in total. The number of carbonyl (C=O) groups excluding carboxylic acids is 1. The SMILES string of the molecule is O=C(NCc1ccccc1CO)Nc1c(F)cc(F)cc1Cl. The number of aliphatic hydroxyl groups excluding tert-OH is 1. The molecule has 0 saturated carbocycles. The highest BCUT2D eigenvalue weighted by Gasteiger charge is 2.13. The van der Waals surface area contributed by atoms with Gasteiger partial charge >= 0.3 is 6.03 Å². The van der Waals surface area contributed by atoms with E-state index in [0.29, 0.717) is 11.6 Å². The van der Waals surface area contributed by atoms with Crippen LogP contribution >= 0.6 is 11.6 Å². The van der Waals surface area contributed by atoms with E-state index < -0.39 is 17.7 Å². The number of amides is 2. The Balaban J connectivity index is 2.02. The zero-order valence-corrected chi connectivity index (χ0v) is 12.1. The summed E-state index contributed by atoms with van der Waals surface area (Å²) in [6, 6.07) is 7.85. The van der Waals surface area contributed by atoms with Crippen LogP contribution in [0.3, 0.4) is 0 Å². The van der Waals surface area contributed by atoms with Crippen molar-refractivity contribution in [2.75, 3.05) is 5.32 Å². The number of hydrogen-bond donors (Lipinski definition) is 3. The minimum atomic E-state index is -0.962. The Labute approximate surface area is 130 Å². The van der Waals surface area contributed by atoms with Crippen LogP contribution in [0.1, 0.15) is 11.1 Å². The van der Waals surface area contributed by atoms with E-state index in [-0.39, 0.29) is 23.9 Å². The summed E-state index contributed by atoms with van der Waals surface area (Å²) in [6.45, 7) is -0.0130. The van der Waals surface area contributed by atoms with Gasteiger partial charge in [0.2, 0.25) is 0 Å². The largest absolute Gasteiger partial charge is 0.392 e. The van der Waals surface area contributed by atoms with Gasteiger partial charge in [-0.3, -0.25) is 0 Å². The minimum absolute atomic E-state index is 0.142. The molecule has 7 heteroatoms. The molecule has 2 amide bonds. The molecule has 22 heavy (non-hydrogen) atoms. The van der Waals surface area contributed by atoms with Crippen molar-refractivity contribution in [3.63, 3.8) is 0 Å². The Morgan fingerprint density at radius 2 is 1.86 bits per heavy atom. The fourth-order valence-electron chi connectivity index (χ4n) is 1.88. The summed E-state index contributed by atoms with van der Waals surface area (Å²) in [6.07, 6.45) is 0. The fraction of sp³-hybridized carbons (Fsp3) is 0.133. The lowest BCUT2D eigenvalue weighted by atomic mass is 10.1. The summed E-state index contributed by atoms with van der Waals surface area (Å²) in [5.74, 6) is -1.79. The second kappa shape index (κ2) is 7.20. The van der Waals surface area contributed by atoms with E-state index in [1.54, 1.807) is 24.3 Å². The lowest BCUT2D eigenvalue weighted by Crippen LogP contribution is -2.29. The van der Waals surface area contributed by atoms with Crippen LogP contribution in [0.4, 0.5) is 19.3 Å². The number of anilines is 1. The van der Waals surface area contributed by atoms with E-state index in [1.165, 1.54) is 0 Å². The lowest BCUT2D eigenvalue weighted by molar-refractivity contribution is 0.251. The summed E-state index contributed by atoms with van der Waals surface area (Å²) in [5, 5.41) is 13.7. The van der Waals surface area contributed by atoms with Crippen LogP contribution in [-0.4, -0.2) is 11.1 Å². The maximum Gasteiger partial charge on any atom is 0.319 e. The van der Waals surface area contributed by atoms with Crippen LogP contribution in [-0.2, 0) is 13.2 Å². The number of aliphatic hydroxyl groups is 1. The second-order valence-corrected chi connectivity index (χ2v) is 4.89. The van der Waals surface area contributed by atoms with E-state index in [9.17, 15) is 18.7 Å². The van der Waals surface area contributed by atoms with E-state index in [1.807, 2.05) is 0 Å². The molecular weight excluding hydrogens is 314 g/mol. The van der Waals surface area contributed by atoms with Gasteiger partial charge in [0, 0.05) is 12.6 Å². The van der Waals surface area contributed by atoms with E-state index in [2.05, 4.69) is 10.6 Å². The molecule has 2 aromatic carbocycles. The van der Waals surface area contributed by atoms with Gasteiger partial charge in [0.05, 0.1) is 17.3 Å². The molecule has 2 aromatic rings. The van der Waals surface area contributed by atoms with Gasteiger partial charge in [0.25, 0.3) is 0 Å². The quantitative estimate of drug-likeness (QED) is 0.806. The number of halogens is 3. The number of nitrogens with one attached hydrogen (secondary N) is 2. The van der Waals surface area contributed by atoms with Gasteiger partial charge < -0.3 is 15.7 Å². The molecule has 0 radical (unpaired) electrons. The molecule has 0 spiro atoms. The molecule has 3 N–H and O–H groups in total. The number of benzene rings is 2. The molecular formula is C15H13ClF2N2O2. The first kappa shape index (κ1) is 16.2. The van der Waals surface area contributed by atoms with Crippen molar-refractivity contribution < 1.29 is 18.7 Å². The van der Waals surface area contributed by atoms with Crippen LogP contribution in [0.25, 0.3) is 0 Å². The van der Waals surface area contributed by atoms with Gasteiger partial charge in [-0.25, -0.2) is 13.6 Å². The average molecular weight is 327 g/mol. The van der Waals surface area contributed by atoms with Crippen molar-refractivity contribution in [2.45, 2.75) is 13.2 Å². The first-order chi connectivity index (χ1) is 10.5. The third kappa shape index (κ3) is 3.93. The van der Waals surface area contributed by atoms with Gasteiger partial charge in [-0.2, -0.15) is 0 Å². The Morgan fingerprint density at radius 3 is 2.50 bits per heavy atom. The number of hydrogen-bond acceptors (Lipinski definition) is 2. The van der Waals surface area contributed by atoms with Crippen LogP contribution in [0.2, 0.25) is 5.02 Å².